The summed E-state index contributed by atoms with van der Waals surface area (Å²) in [5, 5.41) is 8.05. The second kappa shape index (κ2) is 8.56. The van der Waals surface area contributed by atoms with Crippen LogP contribution in [0.25, 0.3) is 0 Å². The molecule has 140 valence electrons. The van der Waals surface area contributed by atoms with Crippen molar-refractivity contribution in [2.45, 2.75) is 38.8 Å². The first-order chi connectivity index (χ1) is 12.5. The van der Waals surface area contributed by atoms with Crippen LogP contribution in [-0.4, -0.2) is 47.0 Å². The van der Waals surface area contributed by atoms with E-state index < -0.39 is 0 Å². The molecule has 1 saturated heterocycles. The Morgan fingerprint density at radius 2 is 2.31 bits per heavy atom. The summed E-state index contributed by atoms with van der Waals surface area (Å²) in [6, 6.07) is 7.47. The summed E-state index contributed by atoms with van der Waals surface area (Å²) in [5.41, 5.74) is 1.95. The quantitative estimate of drug-likeness (QED) is 0.860. The lowest BCUT2D eigenvalue weighted by Crippen LogP contribution is -2.39. The average Bonchev–Trinajstić information content (AvgIpc) is 2.96. The lowest BCUT2D eigenvalue weighted by molar-refractivity contribution is 0.00463. The second-order valence-corrected chi connectivity index (χ2v) is 7.20. The summed E-state index contributed by atoms with van der Waals surface area (Å²) in [6.07, 6.45) is 5.14. The normalized spacial score (nSPS) is 17.1. The van der Waals surface area contributed by atoms with Gasteiger partial charge in [0.15, 0.2) is 0 Å². The molecule has 1 aromatic heterocycles. The van der Waals surface area contributed by atoms with Gasteiger partial charge in [0.05, 0.1) is 18.8 Å². The minimum Gasteiger partial charge on any atom is -0.376 e. The molecule has 1 aliphatic heterocycles. The fourth-order valence-corrected chi connectivity index (χ4v) is 3.32. The van der Waals surface area contributed by atoms with E-state index in [1.54, 1.807) is 22.8 Å². The van der Waals surface area contributed by atoms with Gasteiger partial charge < -0.3 is 9.64 Å². The molecule has 0 unspecified atom stereocenters. The molecule has 1 N–H and O–H groups in total. The number of rotatable bonds is 5. The zero-order valence-electron chi connectivity index (χ0n) is 15.2. The summed E-state index contributed by atoms with van der Waals surface area (Å²) in [7, 11) is 1.79. The van der Waals surface area contributed by atoms with Crippen molar-refractivity contribution < 1.29 is 9.53 Å². The smallest absolute Gasteiger partial charge is 0.322 e. The van der Waals surface area contributed by atoms with E-state index in [1.807, 2.05) is 31.2 Å². The van der Waals surface area contributed by atoms with E-state index in [-0.39, 0.29) is 12.1 Å². The number of amides is 2. The van der Waals surface area contributed by atoms with E-state index in [4.69, 9.17) is 16.3 Å². The number of urea groups is 1. The van der Waals surface area contributed by atoms with Gasteiger partial charge >= 0.3 is 6.03 Å². The van der Waals surface area contributed by atoms with Crippen LogP contribution in [0.15, 0.2) is 30.5 Å². The van der Waals surface area contributed by atoms with Crippen molar-refractivity contribution in [2.24, 2.45) is 0 Å². The number of benzene rings is 1. The molecule has 1 aromatic carbocycles. The van der Waals surface area contributed by atoms with Gasteiger partial charge in [0.1, 0.15) is 5.82 Å². The highest BCUT2D eigenvalue weighted by molar-refractivity contribution is 6.30. The lowest BCUT2D eigenvalue weighted by atomic mass is 10.1. The highest BCUT2D eigenvalue weighted by atomic mass is 35.5. The van der Waals surface area contributed by atoms with Gasteiger partial charge in [-0.25, -0.2) is 9.48 Å². The predicted octanol–water partition coefficient (Wildman–Crippen LogP) is 3.93. The van der Waals surface area contributed by atoms with Gasteiger partial charge in [0.2, 0.25) is 0 Å². The van der Waals surface area contributed by atoms with Crippen LogP contribution in [0.3, 0.4) is 0 Å². The number of carbonyl (C=O) groups is 1. The minimum atomic E-state index is -0.157. The number of nitrogens with one attached hydrogen (secondary N) is 1. The van der Waals surface area contributed by atoms with E-state index >= 15 is 0 Å². The van der Waals surface area contributed by atoms with Crippen LogP contribution in [0.5, 0.6) is 0 Å². The Labute approximate surface area is 159 Å². The van der Waals surface area contributed by atoms with E-state index in [1.165, 1.54) is 0 Å². The lowest BCUT2D eigenvalue weighted by Gasteiger charge is -2.27. The summed E-state index contributed by atoms with van der Waals surface area (Å²) >= 11 is 6.06. The van der Waals surface area contributed by atoms with Gasteiger partial charge in [-0.1, -0.05) is 23.7 Å². The van der Waals surface area contributed by atoms with Crippen LogP contribution in [0, 0.1) is 6.92 Å². The summed E-state index contributed by atoms with van der Waals surface area (Å²) < 4.78 is 7.50. The standard InChI is InChI=1S/C19H25ClN4O2/c1-14-11-21-24(12-15-6-5-7-16(20)10-15)18(14)22-19(25)23(2)13-17-8-3-4-9-26-17/h5-7,10-11,17H,3-4,8-9,12-13H2,1-2H3,(H,22,25)/t17-/m1/s1. The number of ether oxygens (including phenoxy) is 1. The topological polar surface area (TPSA) is 59.4 Å². The zero-order valence-corrected chi connectivity index (χ0v) is 16.0. The molecular formula is C19H25ClN4O2. The first-order valence-electron chi connectivity index (χ1n) is 8.93. The monoisotopic (exact) mass is 376 g/mol. The maximum atomic E-state index is 12.6. The van der Waals surface area contributed by atoms with Crippen molar-refractivity contribution in [3.8, 4) is 0 Å². The number of likely N-dealkylation sites (N-methyl/N-ethyl adjacent to an activating group) is 1. The minimum absolute atomic E-state index is 0.122. The van der Waals surface area contributed by atoms with Gasteiger partial charge in [-0.3, -0.25) is 5.32 Å². The number of aromatic nitrogens is 2. The highest BCUT2D eigenvalue weighted by Crippen LogP contribution is 2.19. The highest BCUT2D eigenvalue weighted by Gasteiger charge is 2.20. The molecule has 0 spiro atoms. The van der Waals surface area contributed by atoms with Crippen LogP contribution < -0.4 is 5.32 Å². The third kappa shape index (κ3) is 4.77. The number of hydrogen-bond acceptors (Lipinski definition) is 3. The Hall–Kier alpha value is -2.05. The molecule has 0 aliphatic carbocycles. The number of nitrogens with zero attached hydrogens (tertiary/aromatic N) is 3. The number of hydrogen-bond donors (Lipinski definition) is 1. The molecule has 2 heterocycles. The van der Waals surface area contributed by atoms with E-state index in [2.05, 4.69) is 10.4 Å². The molecule has 2 aromatic rings. The van der Waals surface area contributed by atoms with Crippen molar-refractivity contribution >= 4 is 23.4 Å². The third-order valence-corrected chi connectivity index (χ3v) is 4.80. The van der Waals surface area contributed by atoms with Gasteiger partial charge in [-0.05, 0) is 43.9 Å². The van der Waals surface area contributed by atoms with Crippen molar-refractivity contribution in [1.82, 2.24) is 14.7 Å². The van der Waals surface area contributed by atoms with Gasteiger partial charge in [0.25, 0.3) is 0 Å². The molecule has 2 amide bonds. The van der Waals surface area contributed by atoms with Crippen molar-refractivity contribution in [2.75, 3.05) is 25.5 Å². The molecule has 0 radical (unpaired) electrons. The van der Waals surface area contributed by atoms with Crippen molar-refractivity contribution in [1.29, 1.82) is 0 Å². The molecule has 1 aliphatic rings. The predicted molar refractivity (Wildman–Crippen MR) is 103 cm³/mol. The fourth-order valence-electron chi connectivity index (χ4n) is 3.11. The Morgan fingerprint density at radius 3 is 3.04 bits per heavy atom. The third-order valence-electron chi connectivity index (χ3n) is 4.57. The Kier molecular flexibility index (Phi) is 6.16. The average molecular weight is 377 g/mol. The molecule has 3 rings (SSSR count). The van der Waals surface area contributed by atoms with Crippen molar-refractivity contribution in [3.63, 3.8) is 0 Å². The molecular weight excluding hydrogens is 352 g/mol. The second-order valence-electron chi connectivity index (χ2n) is 6.76. The maximum absolute atomic E-state index is 12.6. The molecule has 1 atom stereocenters. The maximum Gasteiger partial charge on any atom is 0.322 e. The Morgan fingerprint density at radius 1 is 1.46 bits per heavy atom. The van der Waals surface area contributed by atoms with Crippen LogP contribution in [0.1, 0.15) is 30.4 Å². The van der Waals surface area contributed by atoms with Gasteiger partial charge in [-0.2, -0.15) is 5.10 Å². The molecule has 6 nitrogen and oxygen atoms in total. The van der Waals surface area contributed by atoms with E-state index in [9.17, 15) is 4.79 Å². The summed E-state index contributed by atoms with van der Waals surface area (Å²) in [6.45, 7) is 3.85. The van der Waals surface area contributed by atoms with Crippen LogP contribution in [0.4, 0.5) is 10.6 Å². The van der Waals surface area contributed by atoms with Crippen LogP contribution >= 0.6 is 11.6 Å². The van der Waals surface area contributed by atoms with E-state index in [0.717, 1.165) is 37.0 Å². The van der Waals surface area contributed by atoms with Gasteiger partial charge in [0, 0.05) is 30.8 Å². The van der Waals surface area contributed by atoms with Crippen molar-refractivity contribution in [3.05, 3.63) is 46.6 Å². The molecule has 7 heteroatoms. The molecule has 1 fully saturated rings. The SMILES string of the molecule is Cc1cnn(Cc2cccc(Cl)c2)c1NC(=O)N(C)C[C@H]1CCCCO1. The Bertz CT molecular complexity index is 756. The molecule has 26 heavy (non-hydrogen) atoms. The Balaban J connectivity index is 1.65. The number of aryl methyl sites for hydroxylation is 1. The first kappa shape index (κ1) is 18.7. The largest absolute Gasteiger partial charge is 0.376 e. The summed E-state index contributed by atoms with van der Waals surface area (Å²) in [4.78, 5) is 14.3. The van der Waals surface area contributed by atoms with Crippen LogP contribution in [-0.2, 0) is 11.3 Å². The number of halogens is 1. The molecule has 0 bridgehead atoms. The van der Waals surface area contributed by atoms with E-state index in [0.29, 0.717) is 23.9 Å². The molecule has 0 saturated carbocycles. The fraction of sp³-hybridized carbons (Fsp3) is 0.474. The first-order valence-corrected chi connectivity index (χ1v) is 9.31. The van der Waals surface area contributed by atoms with Gasteiger partial charge in [-0.15, -0.1) is 0 Å². The van der Waals surface area contributed by atoms with Crippen LogP contribution in [0.2, 0.25) is 5.02 Å². The number of carbonyl (C=O) groups excluding carboxylic acids is 1. The number of anilines is 1. The zero-order chi connectivity index (χ0) is 18.5. The summed E-state index contributed by atoms with van der Waals surface area (Å²) in [5.74, 6) is 0.700.